The number of nitrogens with one attached hydrogen (secondary N) is 1. The van der Waals surface area contributed by atoms with E-state index in [1.54, 1.807) is 25.6 Å². The number of pyridine rings is 1. The van der Waals surface area contributed by atoms with Gasteiger partial charge in [-0.05, 0) is 33.8 Å². The molecule has 0 spiro atoms. The Hall–Kier alpha value is -2.58. The molecule has 28 heavy (non-hydrogen) atoms. The Balaban J connectivity index is 2.05. The molecule has 0 fully saturated rings. The first kappa shape index (κ1) is 20.2. The Morgan fingerprint density at radius 3 is 2.54 bits per heavy atom. The summed E-state index contributed by atoms with van der Waals surface area (Å²) < 4.78 is 7.51. The Kier molecular flexibility index (Phi) is 5.90. The van der Waals surface area contributed by atoms with Crippen LogP contribution < -0.4 is 5.32 Å². The average molecular weight is 403 g/mol. The fourth-order valence-corrected chi connectivity index (χ4v) is 3.11. The first-order valence-corrected chi connectivity index (χ1v) is 9.35. The summed E-state index contributed by atoms with van der Waals surface area (Å²) in [5.74, 6) is 0.289. The first-order valence-electron chi connectivity index (χ1n) is 8.97. The molecule has 1 amide bonds. The fraction of sp³-hybridized carbons (Fsp3) is 0.421. The van der Waals surface area contributed by atoms with Crippen LogP contribution in [0.4, 0.5) is 0 Å². The lowest BCUT2D eigenvalue weighted by atomic mass is 10.1. The molecule has 0 saturated carbocycles. The number of fused-ring (bicyclic) bond motifs is 1. The average Bonchev–Trinajstić information content (AvgIpc) is 3.04. The number of halogens is 1. The van der Waals surface area contributed by atoms with Crippen molar-refractivity contribution in [3.8, 4) is 0 Å². The molecule has 9 heteroatoms. The second kappa shape index (κ2) is 8.20. The van der Waals surface area contributed by atoms with Gasteiger partial charge in [-0.25, -0.2) is 15.0 Å². The highest BCUT2D eigenvalue weighted by atomic mass is 35.5. The zero-order valence-electron chi connectivity index (χ0n) is 16.5. The van der Waals surface area contributed by atoms with E-state index >= 15 is 0 Å². The van der Waals surface area contributed by atoms with Crippen LogP contribution in [0.5, 0.6) is 0 Å². The van der Waals surface area contributed by atoms with E-state index in [0.717, 1.165) is 5.69 Å². The van der Waals surface area contributed by atoms with Crippen molar-refractivity contribution in [1.29, 1.82) is 0 Å². The standard InChI is InChI=1S/C19H23ClN6O2/c1-10(2)26-17-14(6-13(20)8-23-17)24-18(26)16(12(4)28-5)25-19(27)15-9-21-11(3)7-22-15/h6-10,12,16H,1-5H3,(H,25,27)/t12-,16+/m1/s1. The third kappa shape index (κ3) is 3.98. The Labute approximate surface area is 168 Å². The normalized spacial score (nSPS) is 13.7. The van der Waals surface area contributed by atoms with Crippen molar-refractivity contribution in [3.63, 3.8) is 0 Å². The molecule has 0 aliphatic heterocycles. The summed E-state index contributed by atoms with van der Waals surface area (Å²) in [6.45, 7) is 7.75. The lowest BCUT2D eigenvalue weighted by Gasteiger charge is -2.25. The van der Waals surface area contributed by atoms with Crippen LogP contribution in [0, 0.1) is 6.92 Å². The van der Waals surface area contributed by atoms with Crippen molar-refractivity contribution in [2.24, 2.45) is 0 Å². The predicted molar refractivity (Wildman–Crippen MR) is 106 cm³/mol. The summed E-state index contributed by atoms with van der Waals surface area (Å²) in [6, 6.07) is 1.31. The molecule has 2 atom stereocenters. The summed E-state index contributed by atoms with van der Waals surface area (Å²) in [7, 11) is 1.59. The van der Waals surface area contributed by atoms with Gasteiger partial charge in [0.05, 0.1) is 23.0 Å². The van der Waals surface area contributed by atoms with Crippen LogP contribution in [0.2, 0.25) is 5.02 Å². The minimum atomic E-state index is -0.518. The summed E-state index contributed by atoms with van der Waals surface area (Å²) in [5.41, 5.74) is 2.33. The quantitative estimate of drug-likeness (QED) is 0.679. The maximum atomic E-state index is 12.8. The van der Waals surface area contributed by atoms with E-state index in [-0.39, 0.29) is 23.7 Å². The molecular formula is C19H23ClN6O2. The molecule has 0 aliphatic rings. The molecule has 8 nitrogen and oxygen atoms in total. The summed E-state index contributed by atoms with van der Waals surface area (Å²) in [6.07, 6.45) is 4.25. The van der Waals surface area contributed by atoms with Crippen molar-refractivity contribution >= 4 is 28.7 Å². The van der Waals surface area contributed by atoms with Crippen molar-refractivity contribution in [1.82, 2.24) is 29.8 Å². The van der Waals surface area contributed by atoms with Crippen LogP contribution in [0.25, 0.3) is 11.2 Å². The SMILES string of the molecule is CO[C@H](C)[C@H](NC(=O)c1cnc(C)cn1)c1nc2cc(Cl)cnc2n1C(C)C. The smallest absolute Gasteiger partial charge is 0.272 e. The number of rotatable bonds is 6. The topological polar surface area (TPSA) is 94.8 Å². The van der Waals surface area contributed by atoms with Crippen molar-refractivity contribution < 1.29 is 9.53 Å². The number of carbonyl (C=O) groups is 1. The number of hydrogen-bond donors (Lipinski definition) is 1. The van der Waals surface area contributed by atoms with E-state index in [0.29, 0.717) is 22.0 Å². The number of aryl methyl sites for hydroxylation is 1. The van der Waals surface area contributed by atoms with Crippen molar-refractivity contribution in [2.75, 3.05) is 7.11 Å². The van der Waals surface area contributed by atoms with Crippen LogP contribution in [0.15, 0.2) is 24.7 Å². The highest BCUT2D eigenvalue weighted by Gasteiger charge is 2.29. The van der Waals surface area contributed by atoms with Crippen molar-refractivity contribution in [2.45, 2.75) is 45.9 Å². The summed E-state index contributed by atoms with van der Waals surface area (Å²) in [4.78, 5) is 30.2. The van der Waals surface area contributed by atoms with Crippen LogP contribution in [-0.2, 0) is 4.74 Å². The first-order chi connectivity index (χ1) is 13.3. The maximum Gasteiger partial charge on any atom is 0.272 e. The lowest BCUT2D eigenvalue weighted by molar-refractivity contribution is 0.0664. The zero-order valence-corrected chi connectivity index (χ0v) is 17.2. The van der Waals surface area contributed by atoms with Crippen LogP contribution >= 0.6 is 11.6 Å². The largest absolute Gasteiger partial charge is 0.379 e. The van der Waals surface area contributed by atoms with Gasteiger partial charge in [-0.2, -0.15) is 0 Å². The van der Waals surface area contributed by atoms with Gasteiger partial charge in [0.15, 0.2) is 5.65 Å². The molecule has 0 saturated heterocycles. The number of hydrogen-bond acceptors (Lipinski definition) is 6. The van der Waals surface area contributed by atoms with Crippen molar-refractivity contribution in [3.05, 3.63) is 46.9 Å². The minimum absolute atomic E-state index is 0.0660. The number of amides is 1. The predicted octanol–water partition coefficient (Wildman–Crippen LogP) is 3.27. The Morgan fingerprint density at radius 1 is 1.18 bits per heavy atom. The van der Waals surface area contributed by atoms with E-state index < -0.39 is 6.04 Å². The molecule has 0 unspecified atom stereocenters. The molecular weight excluding hydrogens is 380 g/mol. The van der Waals surface area contributed by atoms with Gasteiger partial charge in [-0.1, -0.05) is 11.6 Å². The van der Waals surface area contributed by atoms with Crippen LogP contribution in [-0.4, -0.2) is 43.6 Å². The maximum absolute atomic E-state index is 12.8. The van der Waals surface area contributed by atoms with E-state index in [2.05, 4.69) is 20.3 Å². The second-order valence-corrected chi connectivity index (χ2v) is 7.30. The fourth-order valence-electron chi connectivity index (χ4n) is 2.96. The number of ether oxygens (including phenoxy) is 1. The molecule has 3 heterocycles. The molecule has 3 rings (SSSR count). The third-order valence-electron chi connectivity index (χ3n) is 4.46. The number of imidazole rings is 1. The number of methoxy groups -OCH3 is 1. The van der Waals surface area contributed by atoms with Gasteiger partial charge >= 0.3 is 0 Å². The molecule has 0 aromatic carbocycles. The van der Waals surface area contributed by atoms with Gasteiger partial charge in [-0.3, -0.25) is 9.78 Å². The van der Waals surface area contributed by atoms with E-state index in [9.17, 15) is 4.79 Å². The van der Waals surface area contributed by atoms with Gasteiger partial charge in [0, 0.05) is 25.5 Å². The molecule has 0 bridgehead atoms. The van der Waals surface area contributed by atoms with Gasteiger partial charge in [0.1, 0.15) is 23.1 Å². The van der Waals surface area contributed by atoms with Crippen LogP contribution in [0.1, 0.15) is 54.9 Å². The van der Waals surface area contributed by atoms with E-state index in [4.69, 9.17) is 21.3 Å². The Bertz CT molecular complexity index is 986. The Morgan fingerprint density at radius 2 is 1.93 bits per heavy atom. The molecule has 3 aromatic rings. The molecule has 148 valence electrons. The number of aromatic nitrogens is 5. The zero-order chi connectivity index (χ0) is 20.4. The molecule has 3 aromatic heterocycles. The van der Waals surface area contributed by atoms with E-state index in [1.807, 2.05) is 32.3 Å². The second-order valence-electron chi connectivity index (χ2n) is 6.86. The lowest BCUT2D eigenvalue weighted by Crippen LogP contribution is -2.38. The van der Waals surface area contributed by atoms with E-state index in [1.165, 1.54) is 6.20 Å². The minimum Gasteiger partial charge on any atom is -0.379 e. The van der Waals surface area contributed by atoms with Gasteiger partial charge < -0.3 is 14.6 Å². The highest BCUT2D eigenvalue weighted by molar-refractivity contribution is 6.31. The monoisotopic (exact) mass is 402 g/mol. The molecule has 0 radical (unpaired) electrons. The molecule has 0 aliphatic carbocycles. The molecule has 1 N–H and O–H groups in total. The van der Waals surface area contributed by atoms with Crippen LogP contribution in [0.3, 0.4) is 0 Å². The van der Waals surface area contributed by atoms with Gasteiger partial charge in [0.2, 0.25) is 0 Å². The highest BCUT2D eigenvalue weighted by Crippen LogP contribution is 2.28. The number of carbonyl (C=O) groups excluding carboxylic acids is 1. The number of nitrogens with zero attached hydrogens (tertiary/aromatic N) is 5. The summed E-state index contributed by atoms with van der Waals surface area (Å²) >= 11 is 6.08. The van der Waals surface area contributed by atoms with Gasteiger partial charge in [0.25, 0.3) is 5.91 Å². The van der Waals surface area contributed by atoms with Gasteiger partial charge in [-0.15, -0.1) is 0 Å². The third-order valence-corrected chi connectivity index (χ3v) is 4.67. The summed E-state index contributed by atoms with van der Waals surface area (Å²) in [5, 5.41) is 3.48.